The number of aliphatic carboxylic acids is 1. The monoisotopic (exact) mass is 264 g/mol. The zero-order valence-electron chi connectivity index (χ0n) is 10.6. The van der Waals surface area contributed by atoms with E-state index in [1.807, 2.05) is 5.38 Å². The SMILES string of the molecule is CC1(C)CCc2nc3scc(CC(=O)O)n3c2C1. The van der Waals surface area contributed by atoms with Crippen LogP contribution in [0.15, 0.2) is 5.38 Å². The summed E-state index contributed by atoms with van der Waals surface area (Å²) in [6.45, 7) is 4.52. The fourth-order valence-corrected chi connectivity index (χ4v) is 3.60. The molecule has 0 fully saturated rings. The molecule has 4 nitrogen and oxygen atoms in total. The fourth-order valence-electron chi connectivity index (χ4n) is 2.68. The summed E-state index contributed by atoms with van der Waals surface area (Å²) in [5.74, 6) is -0.785. The van der Waals surface area contributed by atoms with Crippen LogP contribution in [0.4, 0.5) is 0 Å². The van der Waals surface area contributed by atoms with Gasteiger partial charge in [-0.2, -0.15) is 0 Å². The van der Waals surface area contributed by atoms with Crippen LogP contribution >= 0.6 is 11.3 Å². The zero-order valence-corrected chi connectivity index (χ0v) is 11.4. The lowest BCUT2D eigenvalue weighted by molar-refractivity contribution is -0.136. The summed E-state index contributed by atoms with van der Waals surface area (Å²) in [6, 6.07) is 0. The molecule has 18 heavy (non-hydrogen) atoms. The summed E-state index contributed by atoms with van der Waals surface area (Å²) in [6.07, 6.45) is 3.21. The van der Waals surface area contributed by atoms with Crippen molar-refractivity contribution in [1.82, 2.24) is 9.38 Å². The first-order valence-electron chi connectivity index (χ1n) is 6.15. The summed E-state index contributed by atoms with van der Waals surface area (Å²) in [5.41, 5.74) is 3.52. The molecule has 3 rings (SSSR count). The first kappa shape index (κ1) is 11.7. The number of aromatic nitrogens is 2. The minimum atomic E-state index is -0.785. The number of aryl methyl sites for hydroxylation is 1. The van der Waals surface area contributed by atoms with E-state index in [4.69, 9.17) is 5.11 Å². The van der Waals surface area contributed by atoms with Gasteiger partial charge in [-0.05, 0) is 24.7 Å². The Labute approximate surface area is 109 Å². The Kier molecular flexibility index (Phi) is 2.48. The maximum atomic E-state index is 10.9. The fraction of sp³-hybridized carbons (Fsp3) is 0.538. The molecule has 1 aliphatic rings. The van der Waals surface area contributed by atoms with Crippen LogP contribution in [-0.4, -0.2) is 20.5 Å². The van der Waals surface area contributed by atoms with Crippen LogP contribution in [0.3, 0.4) is 0 Å². The van der Waals surface area contributed by atoms with Gasteiger partial charge in [0.15, 0.2) is 4.96 Å². The molecule has 2 aromatic rings. The van der Waals surface area contributed by atoms with Crippen molar-refractivity contribution in [3.63, 3.8) is 0 Å². The molecule has 0 aromatic carbocycles. The molecule has 0 bridgehead atoms. The third-order valence-electron chi connectivity index (χ3n) is 3.63. The van der Waals surface area contributed by atoms with E-state index in [0.717, 1.165) is 35.6 Å². The standard InChI is InChI=1S/C13H16N2O2S/c1-13(2)4-3-9-10(6-13)15-8(5-11(16)17)7-18-12(15)14-9/h7H,3-6H2,1-2H3,(H,16,17). The number of fused-ring (bicyclic) bond motifs is 3. The molecule has 0 unspecified atom stereocenters. The highest BCUT2D eigenvalue weighted by molar-refractivity contribution is 7.15. The lowest BCUT2D eigenvalue weighted by atomic mass is 9.78. The smallest absolute Gasteiger partial charge is 0.309 e. The van der Waals surface area contributed by atoms with Gasteiger partial charge in [-0.25, -0.2) is 4.98 Å². The minimum Gasteiger partial charge on any atom is -0.481 e. The maximum Gasteiger partial charge on any atom is 0.309 e. The molecule has 0 spiro atoms. The van der Waals surface area contributed by atoms with Gasteiger partial charge in [-0.15, -0.1) is 11.3 Å². The molecular formula is C13H16N2O2S. The predicted octanol–water partition coefficient (Wildman–Crippen LogP) is 2.54. The Morgan fingerprint density at radius 2 is 2.39 bits per heavy atom. The highest BCUT2D eigenvalue weighted by Gasteiger charge is 2.30. The summed E-state index contributed by atoms with van der Waals surface area (Å²) < 4.78 is 2.06. The Hall–Kier alpha value is -1.36. The summed E-state index contributed by atoms with van der Waals surface area (Å²) in [5, 5.41) is 10.9. The van der Waals surface area contributed by atoms with Crippen molar-refractivity contribution in [1.29, 1.82) is 0 Å². The van der Waals surface area contributed by atoms with E-state index < -0.39 is 5.97 Å². The third-order valence-corrected chi connectivity index (χ3v) is 4.50. The van der Waals surface area contributed by atoms with E-state index in [9.17, 15) is 4.79 Å². The molecule has 1 N–H and O–H groups in total. The van der Waals surface area contributed by atoms with E-state index >= 15 is 0 Å². The quantitative estimate of drug-likeness (QED) is 0.907. The number of imidazole rings is 1. The minimum absolute atomic E-state index is 0.0726. The summed E-state index contributed by atoms with van der Waals surface area (Å²) >= 11 is 1.54. The van der Waals surface area contributed by atoms with Crippen molar-refractivity contribution in [3.05, 3.63) is 22.5 Å². The van der Waals surface area contributed by atoms with Crippen LogP contribution in [0.5, 0.6) is 0 Å². The molecule has 0 radical (unpaired) electrons. The average molecular weight is 264 g/mol. The van der Waals surface area contributed by atoms with E-state index in [1.165, 1.54) is 17.0 Å². The van der Waals surface area contributed by atoms with Gasteiger partial charge < -0.3 is 5.11 Å². The first-order valence-corrected chi connectivity index (χ1v) is 7.03. The largest absolute Gasteiger partial charge is 0.481 e. The van der Waals surface area contributed by atoms with Crippen molar-refractivity contribution in [2.24, 2.45) is 5.41 Å². The molecule has 1 aliphatic carbocycles. The Morgan fingerprint density at radius 3 is 3.11 bits per heavy atom. The lowest BCUT2D eigenvalue weighted by Crippen LogP contribution is -2.23. The number of nitrogens with zero attached hydrogens (tertiary/aromatic N) is 2. The number of carbonyl (C=O) groups is 1. The number of hydrogen-bond acceptors (Lipinski definition) is 3. The molecule has 0 saturated carbocycles. The van der Waals surface area contributed by atoms with Crippen molar-refractivity contribution in [2.45, 2.75) is 39.5 Å². The second-order valence-corrected chi connectivity index (χ2v) is 6.60. The first-order chi connectivity index (χ1) is 8.46. The van der Waals surface area contributed by atoms with Gasteiger partial charge in [0.05, 0.1) is 12.1 Å². The Bertz CT molecular complexity index is 624. The maximum absolute atomic E-state index is 10.9. The second-order valence-electron chi connectivity index (χ2n) is 5.76. The molecule has 0 aliphatic heterocycles. The highest BCUT2D eigenvalue weighted by Crippen LogP contribution is 2.36. The Balaban J connectivity index is 2.13. The highest BCUT2D eigenvalue weighted by atomic mass is 32.1. The Morgan fingerprint density at radius 1 is 1.61 bits per heavy atom. The molecule has 0 saturated heterocycles. The number of thiazole rings is 1. The van der Waals surface area contributed by atoms with Crippen LogP contribution < -0.4 is 0 Å². The van der Waals surface area contributed by atoms with Crippen molar-refractivity contribution < 1.29 is 9.90 Å². The van der Waals surface area contributed by atoms with Crippen LogP contribution in [0, 0.1) is 5.41 Å². The van der Waals surface area contributed by atoms with Crippen LogP contribution in [-0.2, 0) is 24.1 Å². The van der Waals surface area contributed by atoms with Crippen molar-refractivity contribution in [3.8, 4) is 0 Å². The molecule has 5 heteroatoms. The van der Waals surface area contributed by atoms with Crippen LogP contribution in [0.25, 0.3) is 4.96 Å². The molecule has 0 atom stereocenters. The molecule has 2 heterocycles. The predicted molar refractivity (Wildman–Crippen MR) is 70.2 cm³/mol. The zero-order chi connectivity index (χ0) is 12.9. The average Bonchev–Trinajstić information content (AvgIpc) is 2.77. The number of carboxylic acid groups (broad SMARTS) is 1. The van der Waals surface area contributed by atoms with Crippen molar-refractivity contribution in [2.75, 3.05) is 0 Å². The van der Waals surface area contributed by atoms with Gasteiger partial charge in [0.1, 0.15) is 0 Å². The number of rotatable bonds is 2. The number of hydrogen-bond donors (Lipinski definition) is 1. The van der Waals surface area contributed by atoms with Gasteiger partial charge in [0, 0.05) is 16.8 Å². The second kappa shape index (κ2) is 3.82. The van der Waals surface area contributed by atoms with Gasteiger partial charge in [0.2, 0.25) is 0 Å². The molecule has 96 valence electrons. The molecule has 2 aromatic heterocycles. The van der Waals surface area contributed by atoms with E-state index in [0.29, 0.717) is 0 Å². The number of carboxylic acids is 1. The summed E-state index contributed by atoms with van der Waals surface area (Å²) in [4.78, 5) is 16.5. The third kappa shape index (κ3) is 1.82. The van der Waals surface area contributed by atoms with E-state index in [2.05, 4.69) is 23.2 Å². The van der Waals surface area contributed by atoms with Gasteiger partial charge >= 0.3 is 5.97 Å². The van der Waals surface area contributed by atoms with E-state index in [-0.39, 0.29) is 11.8 Å². The van der Waals surface area contributed by atoms with Crippen LogP contribution in [0.2, 0.25) is 0 Å². The topological polar surface area (TPSA) is 54.6 Å². The molecular weight excluding hydrogens is 248 g/mol. The summed E-state index contributed by atoms with van der Waals surface area (Å²) in [7, 11) is 0. The van der Waals surface area contributed by atoms with Crippen LogP contribution in [0.1, 0.15) is 37.4 Å². The van der Waals surface area contributed by atoms with Gasteiger partial charge in [0.25, 0.3) is 0 Å². The lowest BCUT2D eigenvalue weighted by Gasteiger charge is -2.29. The molecule has 0 amide bonds. The normalized spacial score (nSPS) is 17.9. The van der Waals surface area contributed by atoms with Crippen molar-refractivity contribution >= 4 is 22.3 Å². The van der Waals surface area contributed by atoms with Gasteiger partial charge in [-0.3, -0.25) is 9.20 Å². The van der Waals surface area contributed by atoms with E-state index in [1.54, 1.807) is 0 Å². The van der Waals surface area contributed by atoms with Gasteiger partial charge in [-0.1, -0.05) is 13.8 Å².